The summed E-state index contributed by atoms with van der Waals surface area (Å²) in [6.45, 7) is -0.385. The van der Waals surface area contributed by atoms with Crippen molar-refractivity contribution in [2.24, 2.45) is 0 Å². The Morgan fingerprint density at radius 1 is 1.19 bits per heavy atom. The van der Waals surface area contributed by atoms with Crippen LogP contribution in [0, 0.1) is 5.82 Å². The van der Waals surface area contributed by atoms with E-state index in [1.807, 2.05) is 0 Å². The predicted octanol–water partition coefficient (Wildman–Crippen LogP) is 4.15. The van der Waals surface area contributed by atoms with Crippen molar-refractivity contribution in [1.82, 2.24) is 0 Å². The number of esters is 1. The molecule has 0 aliphatic carbocycles. The van der Waals surface area contributed by atoms with Crippen molar-refractivity contribution in [3.63, 3.8) is 0 Å². The summed E-state index contributed by atoms with van der Waals surface area (Å²) in [4.78, 5) is 24.3. The van der Waals surface area contributed by atoms with Crippen LogP contribution in [-0.2, 0) is 14.3 Å². The highest BCUT2D eigenvalue weighted by Gasteiger charge is 2.09. The lowest BCUT2D eigenvalue weighted by molar-refractivity contribution is -0.146. The van der Waals surface area contributed by atoms with Crippen LogP contribution in [0.1, 0.15) is 6.42 Å². The normalized spacial score (nSPS) is 10.3. The number of rotatable bonds is 8. The summed E-state index contributed by atoms with van der Waals surface area (Å²) in [5, 5.41) is 2.94. The smallest absolute Gasteiger partial charge is 0.307 e. The summed E-state index contributed by atoms with van der Waals surface area (Å²) in [7, 11) is 1.49. The first kappa shape index (κ1) is 20.1. The van der Waals surface area contributed by atoms with Crippen LogP contribution in [0.3, 0.4) is 0 Å². The fourth-order valence-electron chi connectivity index (χ4n) is 1.94. The zero-order chi connectivity index (χ0) is 18.9. The fraction of sp³-hybridized carbons (Fsp3) is 0.222. The molecular formula is C18H17ClFNO4S. The van der Waals surface area contributed by atoms with Crippen LogP contribution in [-0.4, -0.2) is 31.3 Å². The van der Waals surface area contributed by atoms with E-state index < -0.39 is 11.9 Å². The molecule has 2 aromatic carbocycles. The number of carbonyl (C=O) groups excluding carboxylic acids is 2. The predicted molar refractivity (Wildman–Crippen MR) is 99.3 cm³/mol. The van der Waals surface area contributed by atoms with Gasteiger partial charge in [0.15, 0.2) is 6.61 Å². The molecule has 1 amide bonds. The first-order valence-electron chi connectivity index (χ1n) is 7.65. The molecule has 0 saturated heterocycles. The van der Waals surface area contributed by atoms with E-state index in [0.29, 0.717) is 22.2 Å². The van der Waals surface area contributed by atoms with Crippen molar-refractivity contribution in [3.8, 4) is 5.75 Å². The first-order valence-corrected chi connectivity index (χ1v) is 9.01. The third kappa shape index (κ3) is 6.57. The van der Waals surface area contributed by atoms with Crippen LogP contribution in [0.25, 0.3) is 0 Å². The number of hydrogen-bond donors (Lipinski definition) is 1. The second kappa shape index (κ2) is 10.0. The number of thioether (sulfide) groups is 1. The topological polar surface area (TPSA) is 64.6 Å². The lowest BCUT2D eigenvalue weighted by Crippen LogP contribution is -2.21. The van der Waals surface area contributed by atoms with Gasteiger partial charge in [0.2, 0.25) is 0 Å². The Bertz CT molecular complexity index is 770. The number of hydrogen-bond acceptors (Lipinski definition) is 5. The minimum absolute atomic E-state index is 0.143. The van der Waals surface area contributed by atoms with Gasteiger partial charge in [-0.15, -0.1) is 11.8 Å². The van der Waals surface area contributed by atoms with E-state index in [1.54, 1.807) is 30.3 Å². The second-order valence-electron chi connectivity index (χ2n) is 5.11. The molecule has 0 aromatic heterocycles. The third-order valence-corrected chi connectivity index (χ3v) is 4.50. The Labute approximate surface area is 159 Å². The van der Waals surface area contributed by atoms with Crippen molar-refractivity contribution in [1.29, 1.82) is 0 Å². The van der Waals surface area contributed by atoms with E-state index in [1.165, 1.54) is 31.0 Å². The molecule has 2 rings (SSSR count). The van der Waals surface area contributed by atoms with Gasteiger partial charge in [0, 0.05) is 16.3 Å². The van der Waals surface area contributed by atoms with Crippen LogP contribution in [0.4, 0.5) is 10.1 Å². The Morgan fingerprint density at radius 3 is 2.58 bits per heavy atom. The molecule has 0 aliphatic rings. The zero-order valence-corrected chi connectivity index (χ0v) is 15.5. The van der Waals surface area contributed by atoms with Gasteiger partial charge in [-0.25, -0.2) is 4.39 Å². The molecule has 0 spiro atoms. The first-order chi connectivity index (χ1) is 12.5. The van der Waals surface area contributed by atoms with Crippen molar-refractivity contribution in [3.05, 3.63) is 53.3 Å². The Kier molecular flexibility index (Phi) is 7.74. The summed E-state index contributed by atoms with van der Waals surface area (Å²) in [6.07, 6.45) is 0.143. The van der Waals surface area contributed by atoms with Gasteiger partial charge in [0.25, 0.3) is 5.91 Å². The molecule has 0 heterocycles. The molecule has 0 fully saturated rings. The average Bonchev–Trinajstić information content (AvgIpc) is 2.62. The maximum absolute atomic E-state index is 12.8. The molecule has 0 radical (unpaired) electrons. The highest BCUT2D eigenvalue weighted by atomic mass is 35.5. The molecule has 0 bridgehead atoms. The Hall–Kier alpha value is -2.25. The third-order valence-electron chi connectivity index (χ3n) is 3.19. The number of amides is 1. The summed E-state index contributed by atoms with van der Waals surface area (Å²) in [5.74, 6) is -0.291. The van der Waals surface area contributed by atoms with E-state index >= 15 is 0 Å². The van der Waals surface area contributed by atoms with Gasteiger partial charge in [-0.05, 0) is 42.5 Å². The van der Waals surface area contributed by atoms with Crippen LogP contribution in [0.5, 0.6) is 5.75 Å². The molecule has 8 heteroatoms. The summed E-state index contributed by atoms with van der Waals surface area (Å²) < 4.78 is 22.7. The van der Waals surface area contributed by atoms with Gasteiger partial charge >= 0.3 is 5.97 Å². The van der Waals surface area contributed by atoms with Crippen molar-refractivity contribution in [2.75, 3.05) is 24.8 Å². The number of halogens is 2. The van der Waals surface area contributed by atoms with Gasteiger partial charge in [-0.2, -0.15) is 0 Å². The van der Waals surface area contributed by atoms with Gasteiger partial charge in [0.05, 0.1) is 18.6 Å². The Balaban J connectivity index is 1.68. The van der Waals surface area contributed by atoms with Crippen molar-refractivity contribution in [2.45, 2.75) is 11.3 Å². The quantitative estimate of drug-likeness (QED) is 0.535. The molecule has 0 atom stereocenters. The molecule has 0 saturated carbocycles. The number of nitrogens with one attached hydrogen (secondary N) is 1. The summed E-state index contributed by atoms with van der Waals surface area (Å²) in [5.41, 5.74) is 0.476. The molecule has 1 N–H and O–H groups in total. The van der Waals surface area contributed by atoms with Crippen LogP contribution >= 0.6 is 23.4 Å². The van der Waals surface area contributed by atoms with Crippen LogP contribution in [0.15, 0.2) is 47.4 Å². The standard InChI is InChI=1S/C18H17ClFNO4S/c1-24-16-7-4-13(10-15(16)19)21-17(22)11-25-18(23)8-9-26-14-5-2-12(20)3-6-14/h2-7,10H,8-9,11H2,1H3,(H,21,22). The van der Waals surface area contributed by atoms with E-state index in [4.69, 9.17) is 21.1 Å². The molecule has 5 nitrogen and oxygen atoms in total. The zero-order valence-electron chi connectivity index (χ0n) is 14.0. The number of ether oxygens (including phenoxy) is 2. The highest BCUT2D eigenvalue weighted by Crippen LogP contribution is 2.27. The summed E-state index contributed by atoms with van der Waals surface area (Å²) in [6, 6.07) is 10.8. The number of methoxy groups -OCH3 is 1. The Morgan fingerprint density at radius 2 is 1.92 bits per heavy atom. The SMILES string of the molecule is COc1ccc(NC(=O)COC(=O)CCSc2ccc(F)cc2)cc1Cl. The van der Waals surface area contributed by atoms with Gasteiger partial charge in [-0.1, -0.05) is 11.6 Å². The monoisotopic (exact) mass is 397 g/mol. The largest absolute Gasteiger partial charge is 0.495 e. The highest BCUT2D eigenvalue weighted by molar-refractivity contribution is 7.99. The molecule has 2 aromatic rings. The maximum Gasteiger partial charge on any atom is 0.307 e. The number of anilines is 1. The summed E-state index contributed by atoms with van der Waals surface area (Å²) >= 11 is 7.38. The van der Waals surface area contributed by atoms with E-state index in [0.717, 1.165) is 4.90 Å². The van der Waals surface area contributed by atoms with Crippen molar-refractivity contribution < 1.29 is 23.5 Å². The van der Waals surface area contributed by atoms with E-state index in [-0.39, 0.29) is 18.8 Å². The maximum atomic E-state index is 12.8. The van der Waals surface area contributed by atoms with Crippen molar-refractivity contribution >= 4 is 40.9 Å². The van der Waals surface area contributed by atoms with Gasteiger partial charge in [0.1, 0.15) is 11.6 Å². The van der Waals surface area contributed by atoms with Gasteiger partial charge in [-0.3, -0.25) is 9.59 Å². The molecule has 138 valence electrons. The number of carbonyl (C=O) groups is 2. The lowest BCUT2D eigenvalue weighted by atomic mass is 10.3. The molecule has 26 heavy (non-hydrogen) atoms. The van der Waals surface area contributed by atoms with Gasteiger partial charge < -0.3 is 14.8 Å². The van der Waals surface area contributed by atoms with E-state index in [9.17, 15) is 14.0 Å². The fourth-order valence-corrected chi connectivity index (χ4v) is 3.03. The minimum Gasteiger partial charge on any atom is -0.495 e. The van der Waals surface area contributed by atoms with E-state index in [2.05, 4.69) is 5.32 Å². The molecular weight excluding hydrogens is 381 g/mol. The lowest BCUT2D eigenvalue weighted by Gasteiger charge is -2.08. The minimum atomic E-state index is -0.484. The second-order valence-corrected chi connectivity index (χ2v) is 6.69. The number of benzene rings is 2. The average molecular weight is 398 g/mol. The van der Waals surface area contributed by atoms with Crippen LogP contribution < -0.4 is 10.1 Å². The molecule has 0 unspecified atom stereocenters. The van der Waals surface area contributed by atoms with Crippen LogP contribution in [0.2, 0.25) is 5.02 Å². The molecule has 0 aliphatic heterocycles.